The quantitative estimate of drug-likeness (QED) is 0.0505. The van der Waals surface area contributed by atoms with E-state index in [9.17, 15) is 82.3 Å². The first-order valence-corrected chi connectivity index (χ1v) is 31.6. The Hall–Kier alpha value is -7.92. The van der Waals surface area contributed by atoms with Crippen molar-refractivity contribution in [1.82, 2.24) is 51.0 Å². The van der Waals surface area contributed by atoms with Crippen molar-refractivity contribution in [3.63, 3.8) is 0 Å². The van der Waals surface area contributed by atoms with Gasteiger partial charge in [0.15, 0.2) is 11.5 Å². The number of hydrogen-bond donors (Lipinski definition) is 14. The number of nitrogens with one attached hydrogen (secondary N) is 5. The molecule has 30 nitrogen and oxygen atoms in total. The molecule has 7 amide bonds. The third-order valence-electron chi connectivity index (χ3n) is 16.3. The van der Waals surface area contributed by atoms with Crippen LogP contribution >= 0.6 is 11.3 Å². The van der Waals surface area contributed by atoms with Crippen molar-refractivity contribution in [2.24, 2.45) is 11.7 Å². The first-order chi connectivity index (χ1) is 42.7. The number of carbonyl (C=O) groups is 7. The highest BCUT2D eigenvalue weighted by molar-refractivity contribution is 7.81. The third-order valence-corrected chi connectivity index (χ3v) is 17.7. The summed E-state index contributed by atoms with van der Waals surface area (Å²) in [5, 5.41) is 96.0. The molecule has 5 aromatic rings. The van der Waals surface area contributed by atoms with Crippen molar-refractivity contribution < 1.29 is 91.2 Å². The molecular weight excluding hydrogens is 1220 g/mol. The molecule has 4 fully saturated rings. The maximum Gasteiger partial charge on any atom is 0.446 e. The number of amides is 7. The second-order valence-electron chi connectivity index (χ2n) is 23.1. The summed E-state index contributed by atoms with van der Waals surface area (Å²) in [5.74, 6) is -9.68. The lowest BCUT2D eigenvalue weighted by Crippen LogP contribution is -2.64. The number of nitrogens with two attached hydrogens (primary N) is 1. The normalized spacial score (nSPS) is 26.5. The summed E-state index contributed by atoms with van der Waals surface area (Å²) in [4.78, 5) is 108. The Morgan fingerprint density at radius 3 is 2.13 bits per heavy atom. The number of aromatic hydroxyl groups is 1. The van der Waals surface area contributed by atoms with Crippen LogP contribution in [0.15, 0.2) is 72.9 Å². The smallest absolute Gasteiger partial charge is 0.446 e. The number of phenols is 1. The zero-order valence-electron chi connectivity index (χ0n) is 48.9. The number of rotatable bonds is 15. The van der Waals surface area contributed by atoms with Crippen LogP contribution in [-0.2, 0) is 45.6 Å². The minimum absolute atomic E-state index is 0.0106. The van der Waals surface area contributed by atoms with Crippen LogP contribution in [0.3, 0.4) is 0 Å². The lowest BCUT2D eigenvalue weighted by atomic mass is 9.98. The molecule has 3 aliphatic heterocycles. The highest BCUT2D eigenvalue weighted by Crippen LogP contribution is 2.33. The molecule has 5 unspecified atom stereocenters. The monoisotopic (exact) mass is 1290 g/mol. The molecule has 2 aromatic heterocycles. The second-order valence-corrected chi connectivity index (χ2v) is 25.1. The van der Waals surface area contributed by atoms with Gasteiger partial charge in [0.1, 0.15) is 47.0 Å². The van der Waals surface area contributed by atoms with Crippen LogP contribution in [0, 0.1) is 5.92 Å². The fraction of sp³-hybridized carbons (Fsp3) is 0.500. The molecule has 1 saturated carbocycles. The maximum absolute atomic E-state index is 14.7. The van der Waals surface area contributed by atoms with Gasteiger partial charge in [0, 0.05) is 61.5 Å². The highest BCUT2D eigenvalue weighted by Gasteiger charge is 2.50. The third kappa shape index (κ3) is 15.8. The molecular formula is C58H73N11O19S2. The lowest BCUT2D eigenvalue weighted by Gasteiger charge is -2.34. The maximum atomic E-state index is 14.7. The Bertz CT molecular complexity index is 3520. The van der Waals surface area contributed by atoms with E-state index in [0.29, 0.717) is 16.2 Å². The van der Waals surface area contributed by atoms with E-state index in [1.165, 1.54) is 36.8 Å². The molecule has 5 heterocycles. The van der Waals surface area contributed by atoms with E-state index in [0.717, 1.165) is 76.9 Å². The van der Waals surface area contributed by atoms with Gasteiger partial charge in [0.2, 0.25) is 40.4 Å². The van der Waals surface area contributed by atoms with Crippen molar-refractivity contribution >= 4 is 68.0 Å². The SMILES string of the molecule is C[C@H]1CN2C(=O)C([C@@H](O)CCN)NC(=O)[C@H]([C@H](O)Cc3ccc(O)c(OS(=O)(=O)O)c3)NC(=O)C3C[C@@H](O)CN3C(=O)[C@H]([C@@H](C)O)NC(=O)C(NC(=O)c3ccc(-c4cn5nc(-c6ccc(OC7CCCCC7)cc6)sc5n4)cc3)C[C@@H](O)CNC(=O)C2C1O. The van der Waals surface area contributed by atoms with Gasteiger partial charge in [-0.1, -0.05) is 42.9 Å². The molecule has 90 heavy (non-hydrogen) atoms. The largest absolute Gasteiger partial charge is 0.504 e. The molecule has 3 aromatic carbocycles. The van der Waals surface area contributed by atoms with Crippen molar-refractivity contribution in [1.29, 1.82) is 0 Å². The van der Waals surface area contributed by atoms with E-state index < -0.39 is 174 Å². The van der Waals surface area contributed by atoms with Gasteiger partial charge in [0.25, 0.3) is 5.91 Å². The van der Waals surface area contributed by atoms with Gasteiger partial charge in [-0.05, 0) is 99.7 Å². The number of fused-ring (bicyclic) bond motifs is 3. The highest BCUT2D eigenvalue weighted by atomic mass is 32.3. The van der Waals surface area contributed by atoms with Crippen LogP contribution in [0.1, 0.15) is 81.1 Å². The molecule has 13 atom stereocenters. The number of β-amino-alcohol motifs (C(OH)–C–C–N with tert-alkyl or cyclic N) is 1. The molecule has 0 spiro atoms. The van der Waals surface area contributed by atoms with E-state index >= 15 is 0 Å². The number of phenolic OH excluding ortho intramolecular Hbond substituents is 1. The zero-order chi connectivity index (χ0) is 64.9. The topological polar surface area (TPSA) is 457 Å². The van der Waals surface area contributed by atoms with Gasteiger partial charge in [-0.2, -0.15) is 13.5 Å². The Morgan fingerprint density at radius 1 is 0.800 bits per heavy atom. The van der Waals surface area contributed by atoms with Crippen molar-refractivity contribution in [2.45, 2.75) is 151 Å². The van der Waals surface area contributed by atoms with Crippen molar-refractivity contribution in [3.05, 3.63) is 84.1 Å². The predicted molar refractivity (Wildman–Crippen MR) is 318 cm³/mol. The minimum atomic E-state index is -5.21. The summed E-state index contributed by atoms with van der Waals surface area (Å²) in [5.41, 5.74) is 7.68. The fourth-order valence-corrected chi connectivity index (χ4v) is 12.8. The first kappa shape index (κ1) is 66.5. The lowest BCUT2D eigenvalue weighted by molar-refractivity contribution is -0.147. The van der Waals surface area contributed by atoms with Crippen LogP contribution in [0.5, 0.6) is 17.2 Å². The average Bonchev–Trinajstić information content (AvgIpc) is 1.66. The standard InChI is InChI=1S/C58H73N11O19S2/c1-28-25-68-48(49(28)76)54(81)60-24-34(71)22-38(61-50(77)32-11-9-31(10-12-32)39-27-69-58(62-39)89-55(66-69)33-13-15-37(16-14-33)87-36-6-4-3-5-7-36)51(78)63-45(29(2)70)56(82)67-26-35(72)23-40(67)52(79)64-46(53(80)65-47(57(68)83)42(74)18-19-59)43(75)20-30-8-17-41(73)44(21-30)88-90(84,85)86/h8-17,21,27-29,34-36,38,40,42-43,45-49,70-76H,3-7,18-20,22-26,59H2,1-2H3,(H,60,81)(H,61,77)(H,63,78)(H,64,79)(H,65,80)(H,84,85,86)/t28-,29+,34+,35+,38?,40?,42-,43+,45-,46-,47?,48?,49?/m0/s1. The van der Waals surface area contributed by atoms with E-state index in [4.69, 9.17) is 20.6 Å². The first-order valence-electron chi connectivity index (χ1n) is 29.4. The average molecular weight is 1290 g/mol. The van der Waals surface area contributed by atoms with Gasteiger partial charge < -0.3 is 86.8 Å². The van der Waals surface area contributed by atoms with Crippen molar-refractivity contribution in [3.8, 4) is 39.1 Å². The van der Waals surface area contributed by atoms with Gasteiger partial charge in [-0.25, -0.2) is 9.50 Å². The number of ether oxygens (including phenoxy) is 1. The van der Waals surface area contributed by atoms with Crippen LogP contribution in [-0.4, -0.2) is 220 Å². The van der Waals surface area contributed by atoms with Gasteiger partial charge in [0.05, 0.1) is 54.6 Å². The van der Waals surface area contributed by atoms with Gasteiger partial charge in [-0.3, -0.25) is 38.1 Å². The Balaban J connectivity index is 0.981. The van der Waals surface area contributed by atoms with Crippen LogP contribution in [0.25, 0.3) is 26.8 Å². The molecule has 32 heteroatoms. The van der Waals surface area contributed by atoms with Gasteiger partial charge in [-0.15, -0.1) is 0 Å². The molecule has 4 aliphatic rings. The molecule has 9 rings (SSSR count). The van der Waals surface area contributed by atoms with E-state index in [1.54, 1.807) is 22.8 Å². The van der Waals surface area contributed by atoms with Crippen LogP contribution in [0.4, 0.5) is 0 Å². The molecule has 0 bridgehead atoms. The Kier molecular flexibility index (Phi) is 21.1. The summed E-state index contributed by atoms with van der Waals surface area (Å²) in [7, 11) is -5.21. The number of nitrogens with zero attached hydrogens (tertiary/aromatic N) is 5. The Labute approximate surface area is 519 Å². The van der Waals surface area contributed by atoms with E-state index in [2.05, 4.69) is 30.8 Å². The zero-order valence-corrected chi connectivity index (χ0v) is 50.5. The fourth-order valence-electron chi connectivity index (χ4n) is 11.5. The summed E-state index contributed by atoms with van der Waals surface area (Å²) >= 11 is 1.37. The molecule has 15 N–H and O–H groups in total. The predicted octanol–water partition coefficient (Wildman–Crippen LogP) is -1.98. The summed E-state index contributed by atoms with van der Waals surface area (Å²) in [6, 6.07) is 5.33. The number of hydrogen-bond acceptors (Lipinski definition) is 22. The number of benzene rings is 3. The number of imidazole rings is 1. The second kappa shape index (κ2) is 28.5. The number of aliphatic hydroxyl groups excluding tert-OH is 6. The van der Waals surface area contributed by atoms with E-state index in [1.807, 2.05) is 24.3 Å². The van der Waals surface area contributed by atoms with Crippen molar-refractivity contribution in [2.75, 3.05) is 26.2 Å². The minimum Gasteiger partial charge on any atom is -0.504 e. The number of aliphatic hydroxyl groups is 6. The molecule has 486 valence electrons. The Morgan fingerprint density at radius 2 is 1.47 bits per heavy atom. The van der Waals surface area contributed by atoms with Gasteiger partial charge >= 0.3 is 10.4 Å². The summed E-state index contributed by atoms with van der Waals surface area (Å²) < 4.78 is 44.7. The number of aromatic nitrogens is 3. The molecule has 1 aliphatic carbocycles. The van der Waals surface area contributed by atoms with Crippen LogP contribution in [0.2, 0.25) is 0 Å². The number of carbonyl (C=O) groups excluding carboxylic acids is 7. The summed E-state index contributed by atoms with van der Waals surface area (Å²) in [6.07, 6.45) is -5.22. The molecule has 3 saturated heterocycles. The van der Waals surface area contributed by atoms with E-state index in [-0.39, 0.29) is 36.7 Å². The molecule has 0 radical (unpaired) electrons. The van der Waals surface area contributed by atoms with Crippen LogP contribution < -0.4 is 41.2 Å². The summed E-state index contributed by atoms with van der Waals surface area (Å²) in [6.45, 7) is 0.695.